The van der Waals surface area contributed by atoms with E-state index < -0.39 is 9.84 Å². The lowest BCUT2D eigenvalue weighted by molar-refractivity contribution is 0.341. The van der Waals surface area contributed by atoms with Crippen LogP contribution in [0.1, 0.15) is 97.6 Å². The predicted octanol–water partition coefficient (Wildman–Crippen LogP) is 7.39. The van der Waals surface area contributed by atoms with Gasteiger partial charge in [0.15, 0.2) is 21.3 Å². The fourth-order valence-electron chi connectivity index (χ4n) is 4.32. The summed E-state index contributed by atoms with van der Waals surface area (Å²) in [6.07, 6.45) is 11.9. The summed E-state index contributed by atoms with van der Waals surface area (Å²) in [6.45, 7) is 8.61. The molecular weight excluding hydrogens is 508 g/mol. The normalized spacial score (nSPS) is 12.5. The molecule has 0 saturated heterocycles. The Kier molecular flexibility index (Phi) is 10.9. The summed E-state index contributed by atoms with van der Waals surface area (Å²) in [5.41, 5.74) is 2.17. The number of hydrogen-bond donors (Lipinski definition) is 1. The van der Waals surface area contributed by atoms with Crippen molar-refractivity contribution in [1.82, 2.24) is 19.8 Å². The fourth-order valence-corrected chi connectivity index (χ4v) is 5.95. The molecule has 2 aromatic heterocycles. The monoisotopic (exact) mass is 550 g/mol. The summed E-state index contributed by atoms with van der Waals surface area (Å²) in [7, 11) is -3.10. The SMILES string of the molecule is CCCCCCCCCCCCS(=O)(=O)CCOc1ccc(-c2nc3c(Cl)c(C(C)(C)C)[nH]n3n2)cc1. The van der Waals surface area contributed by atoms with E-state index in [4.69, 9.17) is 16.3 Å². The number of aromatic amines is 1. The number of halogens is 1. The Bertz CT molecular complexity index is 1210. The molecule has 9 heteroatoms. The number of nitrogens with zero attached hydrogens (tertiary/aromatic N) is 3. The number of nitrogens with one attached hydrogen (secondary N) is 1. The van der Waals surface area contributed by atoms with Gasteiger partial charge in [0.25, 0.3) is 0 Å². The quantitative estimate of drug-likeness (QED) is 0.188. The van der Waals surface area contributed by atoms with Crippen LogP contribution in [0.3, 0.4) is 0 Å². The van der Waals surface area contributed by atoms with Gasteiger partial charge < -0.3 is 4.74 Å². The van der Waals surface area contributed by atoms with E-state index in [0.717, 1.165) is 30.5 Å². The standard InChI is InChI=1S/C28H43ClN4O3S/c1-5-6-7-8-9-10-11-12-13-14-20-37(34,35)21-19-36-23-17-15-22(16-18-23)26-30-27-24(29)25(28(2,3)4)31-33(27)32-26/h15-18,31H,5-14,19-21H2,1-4H3. The van der Waals surface area contributed by atoms with Gasteiger partial charge in [0.1, 0.15) is 17.4 Å². The molecule has 0 radical (unpaired) electrons. The largest absolute Gasteiger partial charge is 0.493 e. The average Bonchev–Trinajstić information content (AvgIpc) is 3.40. The second-order valence-electron chi connectivity index (χ2n) is 10.9. The molecule has 3 rings (SSSR count). The lowest BCUT2D eigenvalue weighted by Gasteiger charge is -2.16. The number of benzene rings is 1. The van der Waals surface area contributed by atoms with Crippen LogP contribution in [0.25, 0.3) is 17.0 Å². The summed E-state index contributed by atoms with van der Waals surface area (Å²) in [5.74, 6) is 1.45. The Labute approximate surface area is 227 Å². The van der Waals surface area contributed by atoms with E-state index in [1.165, 1.54) is 44.9 Å². The smallest absolute Gasteiger partial charge is 0.194 e. The maximum Gasteiger partial charge on any atom is 0.194 e. The first-order valence-electron chi connectivity index (χ1n) is 13.7. The minimum atomic E-state index is -3.10. The number of unbranched alkanes of at least 4 members (excludes halogenated alkanes) is 9. The number of ether oxygens (including phenoxy) is 1. The van der Waals surface area contributed by atoms with Crippen LogP contribution in [-0.2, 0) is 15.3 Å². The van der Waals surface area contributed by atoms with Crippen LogP contribution in [0.4, 0.5) is 0 Å². The number of H-pyrrole nitrogens is 1. The molecule has 0 fully saturated rings. The third-order valence-electron chi connectivity index (χ3n) is 6.58. The molecule has 0 aliphatic carbocycles. The van der Waals surface area contributed by atoms with E-state index in [1.807, 2.05) is 24.3 Å². The molecule has 3 aromatic rings. The van der Waals surface area contributed by atoms with E-state index in [1.54, 1.807) is 4.63 Å². The van der Waals surface area contributed by atoms with E-state index in [0.29, 0.717) is 22.2 Å². The highest BCUT2D eigenvalue weighted by atomic mass is 35.5. The second-order valence-corrected chi connectivity index (χ2v) is 13.6. The Morgan fingerprint density at radius 3 is 2.08 bits per heavy atom. The van der Waals surface area contributed by atoms with Crippen LogP contribution in [0, 0.1) is 0 Å². The second kappa shape index (κ2) is 13.7. The van der Waals surface area contributed by atoms with Crippen molar-refractivity contribution in [2.24, 2.45) is 0 Å². The Balaban J connectivity index is 1.38. The van der Waals surface area contributed by atoms with E-state index in [2.05, 4.69) is 42.9 Å². The molecule has 0 amide bonds. The molecule has 2 heterocycles. The van der Waals surface area contributed by atoms with Gasteiger partial charge in [-0.25, -0.2) is 13.4 Å². The molecule has 0 saturated carbocycles. The first-order chi connectivity index (χ1) is 17.6. The van der Waals surface area contributed by atoms with Gasteiger partial charge in [-0.15, -0.1) is 5.10 Å². The van der Waals surface area contributed by atoms with Crippen molar-refractivity contribution in [1.29, 1.82) is 0 Å². The third-order valence-corrected chi connectivity index (χ3v) is 8.63. The summed E-state index contributed by atoms with van der Waals surface area (Å²) in [4.78, 5) is 4.58. The molecule has 1 N–H and O–H groups in total. The van der Waals surface area contributed by atoms with Gasteiger partial charge in [-0.2, -0.15) is 4.63 Å². The minimum Gasteiger partial charge on any atom is -0.493 e. The van der Waals surface area contributed by atoms with Gasteiger partial charge in [-0.3, -0.25) is 5.10 Å². The van der Waals surface area contributed by atoms with Crippen molar-refractivity contribution in [3.05, 3.63) is 35.0 Å². The lowest BCUT2D eigenvalue weighted by Crippen LogP contribution is -2.17. The summed E-state index contributed by atoms with van der Waals surface area (Å²) >= 11 is 6.52. The number of fused-ring (bicyclic) bond motifs is 1. The number of aromatic nitrogens is 4. The molecule has 0 unspecified atom stereocenters. The zero-order chi connectivity index (χ0) is 26.9. The molecule has 1 aromatic carbocycles. The van der Waals surface area contributed by atoms with Crippen LogP contribution in [0.5, 0.6) is 5.75 Å². The van der Waals surface area contributed by atoms with Gasteiger partial charge in [0.2, 0.25) is 0 Å². The molecule has 206 valence electrons. The minimum absolute atomic E-state index is 0.0358. The van der Waals surface area contributed by atoms with Crippen LogP contribution >= 0.6 is 11.6 Å². The van der Waals surface area contributed by atoms with Crippen molar-refractivity contribution >= 4 is 27.1 Å². The maximum absolute atomic E-state index is 12.4. The van der Waals surface area contributed by atoms with Gasteiger partial charge in [0, 0.05) is 11.0 Å². The summed E-state index contributed by atoms with van der Waals surface area (Å²) in [5, 5.41) is 8.30. The summed E-state index contributed by atoms with van der Waals surface area (Å²) in [6, 6.07) is 7.34. The van der Waals surface area contributed by atoms with Crippen LogP contribution < -0.4 is 4.74 Å². The lowest BCUT2D eigenvalue weighted by atomic mass is 9.92. The first kappa shape index (κ1) is 29.5. The highest BCUT2D eigenvalue weighted by Gasteiger charge is 2.24. The number of sulfone groups is 1. The zero-order valence-electron chi connectivity index (χ0n) is 22.9. The van der Waals surface area contributed by atoms with Crippen molar-refractivity contribution in [3.8, 4) is 17.1 Å². The Morgan fingerprint density at radius 1 is 0.919 bits per heavy atom. The molecule has 0 aliphatic rings. The van der Waals surface area contributed by atoms with E-state index in [9.17, 15) is 8.42 Å². The molecule has 0 bridgehead atoms. The van der Waals surface area contributed by atoms with E-state index >= 15 is 0 Å². The molecular formula is C28H43ClN4O3S. The van der Waals surface area contributed by atoms with Crippen molar-refractivity contribution in [3.63, 3.8) is 0 Å². The number of rotatable bonds is 16. The van der Waals surface area contributed by atoms with Gasteiger partial charge in [0.05, 0.1) is 17.2 Å². The molecule has 7 nitrogen and oxygen atoms in total. The van der Waals surface area contributed by atoms with Gasteiger partial charge >= 0.3 is 0 Å². The van der Waals surface area contributed by atoms with Crippen molar-refractivity contribution in [2.45, 2.75) is 97.3 Å². The van der Waals surface area contributed by atoms with Crippen LogP contribution in [-0.4, -0.2) is 46.3 Å². The van der Waals surface area contributed by atoms with Gasteiger partial charge in [-0.1, -0.05) is 97.1 Å². The first-order valence-corrected chi connectivity index (χ1v) is 15.9. The third kappa shape index (κ3) is 9.02. The number of hydrogen-bond acceptors (Lipinski definition) is 5. The fraction of sp³-hybridized carbons (Fsp3) is 0.643. The molecule has 37 heavy (non-hydrogen) atoms. The van der Waals surface area contributed by atoms with Crippen molar-refractivity contribution < 1.29 is 13.2 Å². The van der Waals surface area contributed by atoms with Gasteiger partial charge in [-0.05, 0) is 30.7 Å². The van der Waals surface area contributed by atoms with Crippen molar-refractivity contribution in [2.75, 3.05) is 18.1 Å². The topological polar surface area (TPSA) is 89.4 Å². The molecule has 0 atom stereocenters. The molecule has 0 aliphatic heterocycles. The average molecular weight is 551 g/mol. The highest BCUT2D eigenvalue weighted by Crippen LogP contribution is 2.32. The van der Waals surface area contributed by atoms with E-state index in [-0.39, 0.29) is 23.5 Å². The van der Waals surface area contributed by atoms with Crippen LogP contribution in [0.2, 0.25) is 5.02 Å². The Hall–Kier alpha value is -2.06. The maximum atomic E-state index is 12.4. The highest BCUT2D eigenvalue weighted by molar-refractivity contribution is 7.91. The Morgan fingerprint density at radius 2 is 1.51 bits per heavy atom. The predicted molar refractivity (Wildman–Crippen MR) is 152 cm³/mol. The zero-order valence-corrected chi connectivity index (χ0v) is 24.4. The molecule has 0 spiro atoms. The summed E-state index contributed by atoms with van der Waals surface area (Å²) < 4.78 is 32.0. The van der Waals surface area contributed by atoms with Crippen LogP contribution in [0.15, 0.2) is 24.3 Å².